The predicted molar refractivity (Wildman–Crippen MR) is 81.6 cm³/mol. The lowest BCUT2D eigenvalue weighted by Crippen LogP contribution is -2.43. The van der Waals surface area contributed by atoms with Gasteiger partial charge in [0.2, 0.25) is 0 Å². The molecule has 0 bridgehead atoms. The van der Waals surface area contributed by atoms with Gasteiger partial charge in [-0.25, -0.2) is 0 Å². The second-order valence-corrected chi connectivity index (χ2v) is 6.89. The van der Waals surface area contributed by atoms with Gasteiger partial charge in [-0.05, 0) is 49.8 Å². The van der Waals surface area contributed by atoms with Crippen molar-refractivity contribution in [2.24, 2.45) is 11.8 Å². The zero-order valence-electron chi connectivity index (χ0n) is 12.9. The SMILES string of the molecule is O=C(c1ccco1)N1C[C@H]2CN(CC3CCCO3)CC[C@H]2C1. The molecule has 0 spiro atoms. The van der Waals surface area contributed by atoms with Gasteiger partial charge in [-0.3, -0.25) is 4.79 Å². The number of likely N-dealkylation sites (tertiary alicyclic amines) is 2. The van der Waals surface area contributed by atoms with Crippen LogP contribution in [-0.4, -0.2) is 61.1 Å². The van der Waals surface area contributed by atoms with E-state index in [4.69, 9.17) is 9.15 Å². The quantitative estimate of drug-likeness (QED) is 0.855. The number of carbonyl (C=O) groups is 1. The summed E-state index contributed by atoms with van der Waals surface area (Å²) in [4.78, 5) is 16.9. The molecule has 4 heterocycles. The van der Waals surface area contributed by atoms with Crippen LogP contribution in [0, 0.1) is 11.8 Å². The molecule has 120 valence electrons. The lowest BCUT2D eigenvalue weighted by molar-refractivity contribution is 0.0506. The third-order valence-corrected chi connectivity index (χ3v) is 5.39. The maximum absolute atomic E-state index is 12.4. The van der Waals surface area contributed by atoms with Crippen LogP contribution in [0.2, 0.25) is 0 Å². The first kappa shape index (κ1) is 14.3. The second-order valence-electron chi connectivity index (χ2n) is 6.89. The van der Waals surface area contributed by atoms with E-state index >= 15 is 0 Å². The van der Waals surface area contributed by atoms with Crippen LogP contribution in [0.1, 0.15) is 29.8 Å². The molecule has 0 aromatic carbocycles. The van der Waals surface area contributed by atoms with E-state index in [2.05, 4.69) is 4.90 Å². The van der Waals surface area contributed by atoms with Crippen molar-refractivity contribution in [3.63, 3.8) is 0 Å². The van der Waals surface area contributed by atoms with Gasteiger partial charge in [-0.1, -0.05) is 0 Å². The average Bonchev–Trinajstić information content (AvgIpc) is 3.27. The Kier molecular flexibility index (Phi) is 3.92. The van der Waals surface area contributed by atoms with E-state index < -0.39 is 0 Å². The predicted octanol–water partition coefficient (Wildman–Crippen LogP) is 1.85. The first-order chi connectivity index (χ1) is 10.8. The van der Waals surface area contributed by atoms with E-state index in [0.717, 1.165) is 39.3 Å². The molecule has 0 saturated carbocycles. The zero-order chi connectivity index (χ0) is 14.9. The average molecular weight is 304 g/mol. The van der Waals surface area contributed by atoms with Gasteiger partial charge >= 0.3 is 0 Å². The van der Waals surface area contributed by atoms with Crippen molar-refractivity contribution in [2.45, 2.75) is 25.4 Å². The van der Waals surface area contributed by atoms with Crippen LogP contribution in [0.4, 0.5) is 0 Å². The molecule has 3 aliphatic rings. The molecule has 0 N–H and O–H groups in total. The smallest absolute Gasteiger partial charge is 0.289 e. The number of furan rings is 1. The molecule has 1 amide bonds. The fourth-order valence-electron chi connectivity index (χ4n) is 4.21. The highest BCUT2D eigenvalue weighted by molar-refractivity contribution is 5.91. The lowest BCUT2D eigenvalue weighted by atomic mass is 9.88. The first-order valence-electron chi connectivity index (χ1n) is 8.46. The number of ether oxygens (including phenoxy) is 1. The van der Waals surface area contributed by atoms with Crippen LogP contribution in [0.25, 0.3) is 0 Å². The molecule has 1 unspecified atom stereocenters. The van der Waals surface area contributed by atoms with Gasteiger partial charge in [-0.2, -0.15) is 0 Å². The Bertz CT molecular complexity index is 510. The van der Waals surface area contributed by atoms with Crippen LogP contribution >= 0.6 is 0 Å². The monoisotopic (exact) mass is 304 g/mol. The van der Waals surface area contributed by atoms with E-state index in [1.54, 1.807) is 18.4 Å². The summed E-state index contributed by atoms with van der Waals surface area (Å²) in [7, 11) is 0. The second kappa shape index (κ2) is 6.05. The maximum atomic E-state index is 12.4. The van der Waals surface area contributed by atoms with Crippen molar-refractivity contribution in [2.75, 3.05) is 39.3 Å². The number of amides is 1. The Hall–Kier alpha value is -1.33. The summed E-state index contributed by atoms with van der Waals surface area (Å²) < 4.78 is 11.0. The summed E-state index contributed by atoms with van der Waals surface area (Å²) in [5, 5.41) is 0. The molecule has 3 fully saturated rings. The minimum Gasteiger partial charge on any atom is -0.459 e. The molecule has 0 aliphatic carbocycles. The third kappa shape index (κ3) is 2.79. The molecule has 4 rings (SSSR count). The van der Waals surface area contributed by atoms with E-state index in [9.17, 15) is 4.79 Å². The Balaban J connectivity index is 1.34. The fourth-order valence-corrected chi connectivity index (χ4v) is 4.21. The highest BCUT2D eigenvalue weighted by Gasteiger charge is 2.40. The number of carbonyl (C=O) groups excluding carboxylic acids is 1. The van der Waals surface area contributed by atoms with Crippen LogP contribution < -0.4 is 0 Å². The van der Waals surface area contributed by atoms with Crippen molar-refractivity contribution < 1.29 is 13.9 Å². The standard InChI is InChI=1S/C17H24N2O3/c20-17(16-4-2-8-22-16)19-10-13-5-6-18(9-14(13)11-19)12-15-3-1-7-21-15/h2,4,8,13-15H,1,3,5-7,9-12H2/t13-,14+,15?/m0/s1. The van der Waals surface area contributed by atoms with Crippen molar-refractivity contribution in [3.8, 4) is 0 Å². The Morgan fingerprint density at radius 3 is 2.91 bits per heavy atom. The van der Waals surface area contributed by atoms with E-state index in [1.807, 2.05) is 4.90 Å². The summed E-state index contributed by atoms with van der Waals surface area (Å²) in [5.74, 6) is 1.77. The Morgan fingerprint density at radius 1 is 1.23 bits per heavy atom. The minimum absolute atomic E-state index is 0.0464. The highest BCUT2D eigenvalue weighted by atomic mass is 16.5. The number of rotatable bonds is 3. The van der Waals surface area contributed by atoms with Crippen LogP contribution in [-0.2, 0) is 4.74 Å². The fraction of sp³-hybridized carbons (Fsp3) is 0.706. The Morgan fingerprint density at radius 2 is 2.14 bits per heavy atom. The van der Waals surface area contributed by atoms with Crippen molar-refractivity contribution in [1.82, 2.24) is 9.80 Å². The van der Waals surface area contributed by atoms with Gasteiger partial charge in [0.05, 0.1) is 12.4 Å². The van der Waals surface area contributed by atoms with Gasteiger partial charge < -0.3 is 19.0 Å². The van der Waals surface area contributed by atoms with Crippen molar-refractivity contribution in [1.29, 1.82) is 0 Å². The van der Waals surface area contributed by atoms with Gasteiger partial charge in [-0.15, -0.1) is 0 Å². The molecule has 1 aromatic heterocycles. The van der Waals surface area contributed by atoms with Gasteiger partial charge in [0.1, 0.15) is 0 Å². The molecule has 1 aromatic rings. The molecular formula is C17H24N2O3. The normalized spacial score (nSPS) is 32.4. The topological polar surface area (TPSA) is 45.9 Å². The number of piperidine rings is 1. The third-order valence-electron chi connectivity index (χ3n) is 5.39. The lowest BCUT2D eigenvalue weighted by Gasteiger charge is -2.35. The molecule has 22 heavy (non-hydrogen) atoms. The minimum atomic E-state index is 0.0464. The molecule has 0 radical (unpaired) electrons. The van der Waals surface area contributed by atoms with Gasteiger partial charge in [0.25, 0.3) is 5.91 Å². The molecule has 3 saturated heterocycles. The van der Waals surface area contributed by atoms with E-state index in [-0.39, 0.29) is 5.91 Å². The number of fused-ring (bicyclic) bond motifs is 1. The number of hydrogen-bond acceptors (Lipinski definition) is 4. The van der Waals surface area contributed by atoms with Crippen LogP contribution in [0.3, 0.4) is 0 Å². The maximum Gasteiger partial charge on any atom is 0.289 e. The summed E-state index contributed by atoms with van der Waals surface area (Å²) in [6, 6.07) is 3.54. The van der Waals surface area contributed by atoms with Gasteiger partial charge in [0, 0.05) is 32.8 Å². The van der Waals surface area contributed by atoms with Crippen molar-refractivity contribution >= 4 is 5.91 Å². The van der Waals surface area contributed by atoms with E-state index in [0.29, 0.717) is 23.7 Å². The molecule has 5 heteroatoms. The largest absolute Gasteiger partial charge is 0.459 e. The highest BCUT2D eigenvalue weighted by Crippen LogP contribution is 2.32. The first-order valence-corrected chi connectivity index (χ1v) is 8.46. The molecule has 5 nitrogen and oxygen atoms in total. The van der Waals surface area contributed by atoms with Crippen molar-refractivity contribution in [3.05, 3.63) is 24.2 Å². The van der Waals surface area contributed by atoms with E-state index in [1.165, 1.54) is 19.3 Å². The van der Waals surface area contributed by atoms with Crippen LogP contribution in [0.15, 0.2) is 22.8 Å². The number of hydrogen-bond donors (Lipinski definition) is 0. The molecular weight excluding hydrogens is 280 g/mol. The van der Waals surface area contributed by atoms with Gasteiger partial charge in [0.15, 0.2) is 5.76 Å². The summed E-state index contributed by atoms with van der Waals surface area (Å²) >= 11 is 0. The zero-order valence-corrected chi connectivity index (χ0v) is 12.9. The molecule has 3 atom stereocenters. The summed E-state index contributed by atoms with van der Waals surface area (Å²) in [5.41, 5.74) is 0. The Labute approximate surface area is 131 Å². The number of nitrogens with zero attached hydrogens (tertiary/aromatic N) is 2. The summed E-state index contributed by atoms with van der Waals surface area (Å²) in [6.07, 6.45) is 5.60. The molecule has 3 aliphatic heterocycles. The summed E-state index contributed by atoms with van der Waals surface area (Å²) in [6.45, 7) is 5.99. The van der Waals surface area contributed by atoms with Crippen LogP contribution in [0.5, 0.6) is 0 Å².